The van der Waals surface area contributed by atoms with Gasteiger partial charge < -0.3 is 14.7 Å². The number of carboxylic acid groups (broad SMARTS) is 1. The molecule has 0 saturated carbocycles. The molecule has 138 valence electrons. The van der Waals surface area contributed by atoms with Crippen molar-refractivity contribution in [3.8, 4) is 5.75 Å². The van der Waals surface area contributed by atoms with Gasteiger partial charge in [-0.25, -0.2) is 0 Å². The maximum Gasteiger partial charge on any atom is 0.303 e. The monoisotopic (exact) mass is 355 g/mol. The molecule has 0 radical (unpaired) electrons. The highest BCUT2D eigenvalue weighted by Gasteiger charge is 2.11. The SMILES string of the molecule is Cc1ccccc1COc1cccc(CC(=O)N(C)CCCC(=O)O)c1. The Bertz CT molecular complexity index is 757. The zero-order valence-electron chi connectivity index (χ0n) is 15.3. The van der Waals surface area contributed by atoms with E-state index in [1.54, 1.807) is 11.9 Å². The summed E-state index contributed by atoms with van der Waals surface area (Å²) in [4.78, 5) is 24.4. The van der Waals surface area contributed by atoms with E-state index < -0.39 is 5.97 Å². The summed E-state index contributed by atoms with van der Waals surface area (Å²) in [7, 11) is 1.70. The average Bonchev–Trinajstić information content (AvgIpc) is 2.61. The third-order valence-corrected chi connectivity index (χ3v) is 4.22. The molecule has 0 unspecified atom stereocenters. The van der Waals surface area contributed by atoms with E-state index in [1.807, 2.05) is 55.5 Å². The Kier molecular flexibility index (Phi) is 7.21. The first-order valence-electron chi connectivity index (χ1n) is 8.67. The summed E-state index contributed by atoms with van der Waals surface area (Å²) in [6.07, 6.45) is 0.794. The van der Waals surface area contributed by atoms with Crippen LogP contribution in [0.4, 0.5) is 0 Å². The minimum Gasteiger partial charge on any atom is -0.489 e. The minimum atomic E-state index is -0.843. The molecule has 0 bridgehead atoms. The van der Waals surface area contributed by atoms with Crippen LogP contribution in [0.3, 0.4) is 0 Å². The summed E-state index contributed by atoms with van der Waals surface area (Å²) in [6, 6.07) is 15.6. The zero-order valence-corrected chi connectivity index (χ0v) is 15.3. The number of amides is 1. The van der Waals surface area contributed by atoms with Crippen LogP contribution in [0, 0.1) is 6.92 Å². The first kappa shape index (κ1) is 19.5. The predicted molar refractivity (Wildman–Crippen MR) is 100 cm³/mol. The van der Waals surface area contributed by atoms with E-state index in [1.165, 1.54) is 5.56 Å². The van der Waals surface area contributed by atoms with Gasteiger partial charge in [-0.15, -0.1) is 0 Å². The van der Waals surface area contributed by atoms with Gasteiger partial charge in [-0.1, -0.05) is 36.4 Å². The van der Waals surface area contributed by atoms with Crippen LogP contribution in [-0.2, 0) is 22.6 Å². The number of benzene rings is 2. The van der Waals surface area contributed by atoms with Gasteiger partial charge in [-0.2, -0.15) is 0 Å². The van der Waals surface area contributed by atoms with Crippen LogP contribution in [-0.4, -0.2) is 35.5 Å². The average molecular weight is 355 g/mol. The lowest BCUT2D eigenvalue weighted by Gasteiger charge is -2.17. The number of carbonyl (C=O) groups excluding carboxylic acids is 1. The van der Waals surface area contributed by atoms with Crippen molar-refractivity contribution in [1.82, 2.24) is 4.90 Å². The molecule has 5 nitrogen and oxygen atoms in total. The Morgan fingerprint density at radius 2 is 1.88 bits per heavy atom. The van der Waals surface area contributed by atoms with Gasteiger partial charge in [0.2, 0.25) is 5.91 Å². The van der Waals surface area contributed by atoms with E-state index in [4.69, 9.17) is 9.84 Å². The van der Waals surface area contributed by atoms with Crippen molar-refractivity contribution in [3.63, 3.8) is 0 Å². The summed E-state index contributed by atoms with van der Waals surface area (Å²) >= 11 is 0. The molecular formula is C21H25NO4. The molecule has 0 heterocycles. The van der Waals surface area contributed by atoms with Gasteiger partial charge in [0.1, 0.15) is 12.4 Å². The normalized spacial score (nSPS) is 10.4. The number of ether oxygens (including phenoxy) is 1. The number of carboxylic acids is 1. The van der Waals surface area contributed by atoms with Crippen LogP contribution in [0.5, 0.6) is 5.75 Å². The Morgan fingerprint density at radius 3 is 2.62 bits per heavy atom. The molecule has 0 aliphatic carbocycles. The molecular weight excluding hydrogens is 330 g/mol. The number of hydrogen-bond donors (Lipinski definition) is 1. The third-order valence-electron chi connectivity index (χ3n) is 4.22. The lowest BCUT2D eigenvalue weighted by Crippen LogP contribution is -2.29. The van der Waals surface area contributed by atoms with Crippen molar-refractivity contribution in [3.05, 3.63) is 65.2 Å². The Labute approximate surface area is 154 Å². The topological polar surface area (TPSA) is 66.8 Å². The standard InChI is InChI=1S/C21H25NO4/c1-16-7-3-4-9-18(16)15-26-19-10-5-8-17(13-19)14-20(23)22(2)12-6-11-21(24)25/h3-5,7-10,13H,6,11-12,14-15H2,1-2H3,(H,24,25). The second-order valence-electron chi connectivity index (χ2n) is 6.35. The van der Waals surface area contributed by atoms with Gasteiger partial charge in [-0.05, 0) is 42.2 Å². The van der Waals surface area contributed by atoms with E-state index in [-0.39, 0.29) is 18.7 Å². The molecule has 2 aromatic carbocycles. The number of likely N-dealkylation sites (N-methyl/N-ethyl adjacent to an activating group) is 1. The van der Waals surface area contributed by atoms with E-state index in [0.717, 1.165) is 16.9 Å². The number of nitrogens with zero attached hydrogens (tertiary/aromatic N) is 1. The highest BCUT2D eigenvalue weighted by atomic mass is 16.5. The highest BCUT2D eigenvalue weighted by Crippen LogP contribution is 2.17. The molecule has 2 rings (SSSR count). The Morgan fingerprint density at radius 1 is 1.12 bits per heavy atom. The molecule has 1 N–H and O–H groups in total. The number of carbonyl (C=O) groups is 2. The fraction of sp³-hybridized carbons (Fsp3) is 0.333. The second-order valence-corrected chi connectivity index (χ2v) is 6.35. The van der Waals surface area contributed by atoms with Gasteiger partial charge >= 0.3 is 5.97 Å². The highest BCUT2D eigenvalue weighted by molar-refractivity contribution is 5.78. The molecule has 0 fully saturated rings. The maximum atomic E-state index is 12.3. The molecule has 26 heavy (non-hydrogen) atoms. The van der Waals surface area contributed by atoms with Crippen molar-refractivity contribution >= 4 is 11.9 Å². The molecule has 2 aromatic rings. The quantitative estimate of drug-likeness (QED) is 0.748. The van der Waals surface area contributed by atoms with Crippen LogP contribution in [0.15, 0.2) is 48.5 Å². The van der Waals surface area contributed by atoms with Crippen LogP contribution in [0.1, 0.15) is 29.5 Å². The molecule has 0 aliphatic rings. The van der Waals surface area contributed by atoms with Crippen LogP contribution in [0.25, 0.3) is 0 Å². The third kappa shape index (κ3) is 6.24. The van der Waals surface area contributed by atoms with Crippen LogP contribution >= 0.6 is 0 Å². The predicted octanol–water partition coefficient (Wildman–Crippen LogP) is 3.44. The second kappa shape index (κ2) is 9.61. The first-order chi connectivity index (χ1) is 12.5. The number of rotatable bonds is 9. The Balaban J connectivity index is 1.89. The van der Waals surface area contributed by atoms with Crippen LogP contribution < -0.4 is 4.74 Å². The van der Waals surface area contributed by atoms with Gasteiger partial charge in [-0.3, -0.25) is 9.59 Å². The maximum absolute atomic E-state index is 12.3. The van der Waals surface area contributed by atoms with E-state index >= 15 is 0 Å². The fourth-order valence-electron chi connectivity index (χ4n) is 2.58. The van der Waals surface area contributed by atoms with Crippen molar-refractivity contribution in [2.24, 2.45) is 0 Å². The smallest absolute Gasteiger partial charge is 0.303 e. The van der Waals surface area contributed by atoms with Gasteiger partial charge in [0.05, 0.1) is 6.42 Å². The number of aliphatic carboxylic acids is 1. The molecule has 0 atom stereocenters. The zero-order chi connectivity index (χ0) is 18.9. The van der Waals surface area contributed by atoms with Crippen molar-refractivity contribution in [2.75, 3.05) is 13.6 Å². The van der Waals surface area contributed by atoms with Gasteiger partial charge in [0.25, 0.3) is 0 Å². The Hall–Kier alpha value is -2.82. The van der Waals surface area contributed by atoms with E-state index in [2.05, 4.69) is 0 Å². The minimum absolute atomic E-state index is 0.0357. The largest absolute Gasteiger partial charge is 0.489 e. The van der Waals surface area contributed by atoms with Crippen molar-refractivity contribution in [2.45, 2.75) is 32.8 Å². The van der Waals surface area contributed by atoms with Crippen molar-refractivity contribution in [1.29, 1.82) is 0 Å². The summed E-state index contributed by atoms with van der Waals surface area (Å²) in [5, 5.41) is 8.66. The molecule has 1 amide bonds. The summed E-state index contributed by atoms with van der Waals surface area (Å²) < 4.78 is 5.86. The van der Waals surface area contributed by atoms with Gasteiger partial charge in [0, 0.05) is 20.0 Å². The van der Waals surface area contributed by atoms with Crippen molar-refractivity contribution < 1.29 is 19.4 Å². The van der Waals surface area contributed by atoms with Crippen LogP contribution in [0.2, 0.25) is 0 Å². The molecule has 0 saturated heterocycles. The fourth-order valence-corrected chi connectivity index (χ4v) is 2.58. The lowest BCUT2D eigenvalue weighted by molar-refractivity contribution is -0.138. The summed E-state index contributed by atoms with van der Waals surface area (Å²) in [6.45, 7) is 2.97. The first-order valence-corrected chi connectivity index (χ1v) is 8.67. The summed E-state index contributed by atoms with van der Waals surface area (Å²) in [5.74, 6) is -0.150. The van der Waals surface area contributed by atoms with Gasteiger partial charge in [0.15, 0.2) is 0 Å². The molecule has 0 aromatic heterocycles. The summed E-state index contributed by atoms with van der Waals surface area (Å²) in [5.41, 5.74) is 3.19. The molecule has 0 aliphatic heterocycles. The van der Waals surface area contributed by atoms with E-state index in [9.17, 15) is 9.59 Å². The van der Waals surface area contributed by atoms with E-state index in [0.29, 0.717) is 19.6 Å². The number of hydrogen-bond acceptors (Lipinski definition) is 3. The molecule has 0 spiro atoms. The molecule has 5 heteroatoms. The number of aryl methyl sites for hydroxylation is 1. The lowest BCUT2D eigenvalue weighted by atomic mass is 10.1.